The summed E-state index contributed by atoms with van der Waals surface area (Å²) in [5, 5.41) is 12.4. The summed E-state index contributed by atoms with van der Waals surface area (Å²) in [6.45, 7) is 15.1. The summed E-state index contributed by atoms with van der Waals surface area (Å²) in [6, 6.07) is 2.58. The smallest absolute Gasteiger partial charge is 0.191 e. The van der Waals surface area contributed by atoms with Crippen molar-refractivity contribution < 1.29 is 0 Å². The fourth-order valence-electron chi connectivity index (χ4n) is 2.99. The van der Waals surface area contributed by atoms with Crippen molar-refractivity contribution in [2.75, 3.05) is 26.2 Å². The van der Waals surface area contributed by atoms with Crippen molar-refractivity contribution in [3.8, 4) is 0 Å². The van der Waals surface area contributed by atoms with Gasteiger partial charge in [-0.15, -0.1) is 11.3 Å². The highest BCUT2D eigenvalue weighted by Crippen LogP contribution is 2.22. The lowest BCUT2D eigenvalue weighted by molar-refractivity contribution is 0.219. The molecule has 2 rings (SSSR count). The number of likely N-dealkylation sites (N-methyl/N-ethyl adjacent to an activating group) is 1. The number of aryl methyl sites for hydroxylation is 2. The minimum atomic E-state index is 0.354. The normalized spacial score (nSPS) is 13.2. The summed E-state index contributed by atoms with van der Waals surface area (Å²) in [4.78, 5) is 13.0. The predicted octanol–water partition coefficient (Wildman–Crippen LogP) is 3.96. The lowest BCUT2D eigenvalue weighted by Crippen LogP contribution is -2.43. The molecule has 2 N–H and O–H groups in total. The highest BCUT2D eigenvalue weighted by molar-refractivity contribution is 7.11. The lowest BCUT2D eigenvalue weighted by atomic mass is 10.1. The molecule has 0 radical (unpaired) electrons. The van der Waals surface area contributed by atoms with E-state index in [0.29, 0.717) is 12.6 Å². The van der Waals surface area contributed by atoms with Gasteiger partial charge in [0.05, 0.1) is 23.3 Å². The van der Waals surface area contributed by atoms with Gasteiger partial charge in [0.2, 0.25) is 0 Å². The van der Waals surface area contributed by atoms with Gasteiger partial charge in [-0.3, -0.25) is 4.90 Å². The van der Waals surface area contributed by atoms with Gasteiger partial charge in [-0.2, -0.15) is 11.3 Å². The van der Waals surface area contributed by atoms with E-state index in [1.807, 2.05) is 6.92 Å². The maximum Gasteiger partial charge on any atom is 0.191 e. The van der Waals surface area contributed by atoms with E-state index < -0.39 is 0 Å². The number of aliphatic imine (C=N–C) groups is 1. The first-order valence-corrected chi connectivity index (χ1v) is 11.1. The Morgan fingerprint density at radius 2 is 2.00 bits per heavy atom. The van der Waals surface area contributed by atoms with Crippen molar-refractivity contribution in [3.05, 3.63) is 38.0 Å². The van der Waals surface area contributed by atoms with Crippen LogP contribution in [0.2, 0.25) is 0 Å². The van der Waals surface area contributed by atoms with Crippen LogP contribution in [0.3, 0.4) is 0 Å². The van der Waals surface area contributed by atoms with E-state index in [1.165, 1.54) is 10.4 Å². The van der Waals surface area contributed by atoms with Crippen LogP contribution in [-0.4, -0.2) is 42.0 Å². The van der Waals surface area contributed by atoms with Crippen molar-refractivity contribution in [1.29, 1.82) is 0 Å². The zero-order valence-electron chi connectivity index (χ0n) is 16.5. The third-order valence-corrected chi connectivity index (χ3v) is 6.13. The van der Waals surface area contributed by atoms with E-state index in [0.717, 1.165) is 42.8 Å². The van der Waals surface area contributed by atoms with Crippen molar-refractivity contribution in [3.63, 3.8) is 0 Å². The predicted molar refractivity (Wildman–Crippen MR) is 114 cm³/mol. The van der Waals surface area contributed by atoms with Crippen molar-refractivity contribution in [2.24, 2.45) is 4.99 Å². The zero-order valence-corrected chi connectivity index (χ0v) is 18.1. The van der Waals surface area contributed by atoms with Crippen LogP contribution in [0.15, 0.2) is 21.8 Å². The third-order valence-electron chi connectivity index (χ3n) is 4.37. The Labute approximate surface area is 165 Å². The average Bonchev–Trinajstić information content (AvgIpc) is 3.25. The molecule has 0 aromatic carbocycles. The van der Waals surface area contributed by atoms with Crippen LogP contribution in [-0.2, 0) is 6.54 Å². The molecule has 26 heavy (non-hydrogen) atoms. The maximum atomic E-state index is 4.77. The molecule has 0 amide bonds. The standard InChI is InChI=1S/C19H31N5S2/c1-6-20-19(22-12-18-14(4)23-15(5)26-18)21-11-17(24(7-2)8-3)16-9-10-25-13-16/h9-10,13,17H,6-8,11-12H2,1-5H3,(H2,20,21,22). The Hall–Kier alpha value is -1.44. The number of aromatic nitrogens is 1. The van der Waals surface area contributed by atoms with Gasteiger partial charge in [-0.05, 0) is 56.3 Å². The highest BCUT2D eigenvalue weighted by Gasteiger charge is 2.18. The molecule has 0 aliphatic carbocycles. The average molecular weight is 394 g/mol. The zero-order chi connectivity index (χ0) is 18.9. The van der Waals surface area contributed by atoms with Gasteiger partial charge in [0.25, 0.3) is 0 Å². The molecule has 0 aliphatic rings. The fourth-order valence-corrected chi connectivity index (χ4v) is 4.56. The van der Waals surface area contributed by atoms with Gasteiger partial charge in [-0.25, -0.2) is 9.98 Å². The quantitative estimate of drug-likeness (QED) is 0.500. The summed E-state index contributed by atoms with van der Waals surface area (Å²) < 4.78 is 0. The molecule has 0 bridgehead atoms. The molecule has 0 fully saturated rings. The first-order chi connectivity index (χ1) is 12.6. The Balaban J connectivity index is 2.07. The van der Waals surface area contributed by atoms with Gasteiger partial charge in [-0.1, -0.05) is 13.8 Å². The topological polar surface area (TPSA) is 52.6 Å². The lowest BCUT2D eigenvalue weighted by Gasteiger charge is -2.30. The van der Waals surface area contributed by atoms with E-state index in [2.05, 4.69) is 65.0 Å². The van der Waals surface area contributed by atoms with E-state index in [9.17, 15) is 0 Å². The van der Waals surface area contributed by atoms with Crippen LogP contribution >= 0.6 is 22.7 Å². The van der Waals surface area contributed by atoms with Crippen LogP contribution in [0, 0.1) is 13.8 Å². The van der Waals surface area contributed by atoms with Crippen molar-refractivity contribution in [2.45, 2.75) is 47.2 Å². The molecule has 2 aromatic heterocycles. The molecule has 0 spiro atoms. The largest absolute Gasteiger partial charge is 0.357 e. The third kappa shape index (κ3) is 5.79. The van der Waals surface area contributed by atoms with Gasteiger partial charge in [0.15, 0.2) is 5.96 Å². The van der Waals surface area contributed by atoms with E-state index in [1.54, 1.807) is 22.7 Å². The van der Waals surface area contributed by atoms with Crippen LogP contribution in [0.5, 0.6) is 0 Å². The monoisotopic (exact) mass is 393 g/mol. The SMILES string of the molecule is CCNC(=NCc1sc(C)nc1C)NCC(c1ccsc1)N(CC)CC. The van der Waals surface area contributed by atoms with Crippen molar-refractivity contribution >= 4 is 28.6 Å². The van der Waals surface area contributed by atoms with Gasteiger partial charge < -0.3 is 10.6 Å². The molecule has 0 saturated carbocycles. The number of rotatable bonds is 9. The van der Waals surface area contributed by atoms with Crippen LogP contribution in [0.4, 0.5) is 0 Å². The van der Waals surface area contributed by atoms with Crippen LogP contribution < -0.4 is 10.6 Å². The molecule has 144 valence electrons. The van der Waals surface area contributed by atoms with Crippen LogP contribution in [0.25, 0.3) is 0 Å². The molecule has 0 aliphatic heterocycles. The molecule has 7 heteroatoms. The Kier molecular flexibility index (Phi) is 8.54. The summed E-state index contributed by atoms with van der Waals surface area (Å²) in [7, 11) is 0. The number of guanidine groups is 1. The Morgan fingerprint density at radius 3 is 2.54 bits per heavy atom. The minimum Gasteiger partial charge on any atom is -0.357 e. The number of thiophene rings is 1. The highest BCUT2D eigenvalue weighted by atomic mass is 32.1. The summed E-state index contributed by atoms with van der Waals surface area (Å²) in [5.41, 5.74) is 2.46. The molecule has 1 unspecified atom stereocenters. The van der Waals surface area contributed by atoms with Crippen LogP contribution in [0.1, 0.15) is 48.0 Å². The van der Waals surface area contributed by atoms with Gasteiger partial charge in [0.1, 0.15) is 0 Å². The summed E-state index contributed by atoms with van der Waals surface area (Å²) in [5.74, 6) is 0.866. The number of thiazole rings is 1. The Bertz CT molecular complexity index is 674. The summed E-state index contributed by atoms with van der Waals surface area (Å²) >= 11 is 3.48. The van der Waals surface area contributed by atoms with E-state index in [4.69, 9.17) is 4.99 Å². The Morgan fingerprint density at radius 1 is 1.23 bits per heavy atom. The summed E-state index contributed by atoms with van der Waals surface area (Å²) in [6.07, 6.45) is 0. The second-order valence-electron chi connectivity index (χ2n) is 6.11. The van der Waals surface area contributed by atoms with E-state index >= 15 is 0 Å². The maximum absolute atomic E-state index is 4.77. The molecule has 5 nitrogen and oxygen atoms in total. The molecule has 2 heterocycles. The second-order valence-corrected chi connectivity index (χ2v) is 8.18. The van der Waals surface area contributed by atoms with Gasteiger partial charge >= 0.3 is 0 Å². The fraction of sp³-hybridized carbons (Fsp3) is 0.579. The molecule has 2 aromatic rings. The van der Waals surface area contributed by atoms with Gasteiger partial charge in [0, 0.05) is 18.0 Å². The molecular weight excluding hydrogens is 362 g/mol. The minimum absolute atomic E-state index is 0.354. The first-order valence-electron chi connectivity index (χ1n) is 9.30. The molecule has 0 saturated heterocycles. The number of nitrogens with zero attached hydrogens (tertiary/aromatic N) is 3. The second kappa shape index (κ2) is 10.6. The molecular formula is C19H31N5S2. The number of hydrogen-bond donors (Lipinski definition) is 2. The van der Waals surface area contributed by atoms with E-state index in [-0.39, 0.29) is 0 Å². The number of hydrogen-bond acceptors (Lipinski definition) is 5. The number of nitrogens with one attached hydrogen (secondary N) is 2. The molecule has 1 atom stereocenters. The first kappa shape index (κ1) is 20.9. The van der Waals surface area contributed by atoms with Crippen molar-refractivity contribution in [1.82, 2.24) is 20.5 Å².